The van der Waals surface area contributed by atoms with Crippen LogP contribution in [0.5, 0.6) is 0 Å². The van der Waals surface area contributed by atoms with Crippen molar-refractivity contribution in [3.05, 3.63) is 35.5 Å². The molecular formula is C17H24O8. The van der Waals surface area contributed by atoms with Crippen LogP contribution in [0.25, 0.3) is 0 Å². The molecule has 0 aliphatic rings. The molecule has 8 nitrogen and oxygen atoms in total. The van der Waals surface area contributed by atoms with Gasteiger partial charge in [-0.3, -0.25) is 0 Å². The summed E-state index contributed by atoms with van der Waals surface area (Å²) in [5.74, 6) is -5.24. The Morgan fingerprint density at radius 3 is 1.48 bits per heavy atom. The van der Waals surface area contributed by atoms with Crippen molar-refractivity contribution in [2.24, 2.45) is 0 Å². The fraction of sp³-hybridized carbons (Fsp3) is 0.471. The van der Waals surface area contributed by atoms with Crippen molar-refractivity contribution < 1.29 is 38.8 Å². The van der Waals surface area contributed by atoms with Gasteiger partial charge in [0, 0.05) is 16.7 Å². The molecule has 0 aromatic rings. The normalized spacial score (nSPS) is 10.5. The standard InChI is InChI=1S/C17H24O8/c1-7-17(23-14(20)10(2)3,24-15(21)11(4)5)25-16(22)12(6)13(8-18)9-19/h18-19H,2,4,7-9H2,1,3,5-6H3. The van der Waals surface area contributed by atoms with E-state index >= 15 is 0 Å². The van der Waals surface area contributed by atoms with Crippen LogP contribution in [0.1, 0.15) is 34.1 Å². The second kappa shape index (κ2) is 9.75. The number of hydrogen-bond acceptors (Lipinski definition) is 8. The fourth-order valence-corrected chi connectivity index (χ4v) is 1.38. The van der Waals surface area contributed by atoms with E-state index in [0.717, 1.165) is 0 Å². The third kappa shape index (κ3) is 6.52. The number of hydrogen-bond donors (Lipinski definition) is 2. The van der Waals surface area contributed by atoms with Gasteiger partial charge >= 0.3 is 23.9 Å². The number of carbonyl (C=O) groups excluding carboxylic acids is 3. The van der Waals surface area contributed by atoms with Gasteiger partial charge in [-0.1, -0.05) is 20.1 Å². The van der Waals surface area contributed by atoms with Gasteiger partial charge in [0.15, 0.2) is 0 Å². The molecule has 0 saturated heterocycles. The number of aliphatic hydroxyl groups excluding tert-OH is 2. The predicted molar refractivity (Wildman–Crippen MR) is 87.8 cm³/mol. The van der Waals surface area contributed by atoms with Gasteiger partial charge in [0.05, 0.1) is 19.6 Å². The molecule has 140 valence electrons. The van der Waals surface area contributed by atoms with Crippen LogP contribution in [0, 0.1) is 0 Å². The van der Waals surface area contributed by atoms with E-state index in [4.69, 9.17) is 24.4 Å². The van der Waals surface area contributed by atoms with Crippen molar-refractivity contribution in [3.8, 4) is 0 Å². The van der Waals surface area contributed by atoms with E-state index in [0.29, 0.717) is 0 Å². The molecule has 0 fully saturated rings. The summed E-state index contributed by atoms with van der Waals surface area (Å²) in [6.45, 7) is 11.2. The second-order valence-corrected chi connectivity index (χ2v) is 5.31. The van der Waals surface area contributed by atoms with Crippen LogP contribution in [0.2, 0.25) is 0 Å². The first-order valence-electron chi connectivity index (χ1n) is 7.44. The maximum absolute atomic E-state index is 12.2. The lowest BCUT2D eigenvalue weighted by Gasteiger charge is -2.30. The van der Waals surface area contributed by atoms with E-state index in [1.807, 2.05) is 0 Å². The van der Waals surface area contributed by atoms with E-state index in [9.17, 15) is 14.4 Å². The zero-order valence-corrected chi connectivity index (χ0v) is 14.9. The summed E-state index contributed by atoms with van der Waals surface area (Å²) >= 11 is 0. The summed E-state index contributed by atoms with van der Waals surface area (Å²) in [5.41, 5.74) is -0.106. The fourth-order valence-electron chi connectivity index (χ4n) is 1.38. The molecule has 25 heavy (non-hydrogen) atoms. The maximum Gasteiger partial charge on any atom is 0.423 e. The Balaban J connectivity index is 5.78. The van der Waals surface area contributed by atoms with Gasteiger partial charge in [-0.05, 0) is 26.3 Å². The topological polar surface area (TPSA) is 119 Å². The van der Waals surface area contributed by atoms with Crippen molar-refractivity contribution in [3.63, 3.8) is 0 Å². The number of carbonyl (C=O) groups is 3. The van der Waals surface area contributed by atoms with Gasteiger partial charge < -0.3 is 24.4 Å². The van der Waals surface area contributed by atoms with E-state index in [1.54, 1.807) is 0 Å². The molecule has 0 heterocycles. The average molecular weight is 356 g/mol. The third-order valence-electron chi connectivity index (χ3n) is 3.09. The lowest BCUT2D eigenvalue weighted by Crippen LogP contribution is -2.44. The maximum atomic E-state index is 12.2. The predicted octanol–water partition coefficient (Wildman–Crippen LogP) is 1.13. The van der Waals surface area contributed by atoms with Crippen LogP contribution in [0.4, 0.5) is 0 Å². The van der Waals surface area contributed by atoms with Crippen LogP contribution in [-0.2, 0) is 28.6 Å². The van der Waals surface area contributed by atoms with Gasteiger partial charge in [-0.15, -0.1) is 0 Å². The van der Waals surface area contributed by atoms with Crippen molar-refractivity contribution in [2.75, 3.05) is 13.2 Å². The highest BCUT2D eigenvalue weighted by Gasteiger charge is 2.42. The summed E-state index contributed by atoms with van der Waals surface area (Å²) in [7, 11) is 0. The summed E-state index contributed by atoms with van der Waals surface area (Å²) in [6.07, 6.45) is -0.211. The Hall–Kier alpha value is -2.45. The molecule has 0 radical (unpaired) electrons. The van der Waals surface area contributed by atoms with Gasteiger partial charge in [0.1, 0.15) is 0 Å². The first kappa shape index (κ1) is 22.6. The molecule has 0 saturated carbocycles. The zero-order valence-electron chi connectivity index (χ0n) is 14.9. The molecule has 8 heteroatoms. The third-order valence-corrected chi connectivity index (χ3v) is 3.09. The van der Waals surface area contributed by atoms with Crippen LogP contribution in [0.15, 0.2) is 35.5 Å². The summed E-state index contributed by atoms with van der Waals surface area (Å²) in [5, 5.41) is 18.2. The van der Waals surface area contributed by atoms with Gasteiger partial charge in [-0.25, -0.2) is 14.4 Å². The molecule has 0 aromatic heterocycles. The van der Waals surface area contributed by atoms with Gasteiger partial charge in [0.25, 0.3) is 0 Å². The van der Waals surface area contributed by atoms with Crippen molar-refractivity contribution in [1.82, 2.24) is 0 Å². The second-order valence-electron chi connectivity index (χ2n) is 5.31. The van der Waals surface area contributed by atoms with Crippen LogP contribution in [0.3, 0.4) is 0 Å². The molecule has 0 bridgehead atoms. The Morgan fingerprint density at radius 2 is 1.20 bits per heavy atom. The molecule has 2 N–H and O–H groups in total. The Bertz CT molecular complexity index is 566. The van der Waals surface area contributed by atoms with Crippen LogP contribution in [-0.4, -0.2) is 47.3 Å². The minimum absolute atomic E-state index is 0.00100. The quantitative estimate of drug-likeness (QED) is 0.358. The van der Waals surface area contributed by atoms with Crippen molar-refractivity contribution in [2.45, 2.75) is 40.1 Å². The lowest BCUT2D eigenvalue weighted by atomic mass is 10.1. The van der Waals surface area contributed by atoms with E-state index in [-0.39, 0.29) is 28.7 Å². The van der Waals surface area contributed by atoms with Crippen LogP contribution >= 0.6 is 0 Å². The van der Waals surface area contributed by atoms with Gasteiger partial charge in [0.2, 0.25) is 0 Å². The first-order valence-corrected chi connectivity index (χ1v) is 7.44. The highest BCUT2D eigenvalue weighted by molar-refractivity contribution is 5.91. The molecule has 0 atom stereocenters. The lowest BCUT2D eigenvalue weighted by molar-refractivity contribution is -0.326. The zero-order chi connectivity index (χ0) is 19.8. The number of aliphatic hydroxyl groups is 2. The largest absolute Gasteiger partial charge is 0.423 e. The van der Waals surface area contributed by atoms with Crippen molar-refractivity contribution >= 4 is 17.9 Å². The minimum Gasteiger partial charge on any atom is -0.392 e. The molecule has 0 amide bonds. The molecule has 0 aliphatic carbocycles. The summed E-state index contributed by atoms with van der Waals surface area (Å²) in [4.78, 5) is 35.9. The monoisotopic (exact) mass is 356 g/mol. The number of esters is 3. The Morgan fingerprint density at radius 1 is 0.840 bits per heavy atom. The van der Waals surface area contributed by atoms with E-state index in [1.165, 1.54) is 27.7 Å². The molecule has 0 spiro atoms. The summed E-state index contributed by atoms with van der Waals surface area (Å²) in [6, 6.07) is 0. The summed E-state index contributed by atoms with van der Waals surface area (Å²) < 4.78 is 15.1. The van der Waals surface area contributed by atoms with Gasteiger partial charge in [-0.2, -0.15) is 0 Å². The molecule has 0 rings (SSSR count). The minimum atomic E-state index is -2.33. The molecule has 0 aliphatic heterocycles. The van der Waals surface area contributed by atoms with Crippen molar-refractivity contribution in [1.29, 1.82) is 0 Å². The average Bonchev–Trinajstić information content (AvgIpc) is 2.55. The molecule has 0 aromatic carbocycles. The highest BCUT2D eigenvalue weighted by atomic mass is 16.9. The van der Waals surface area contributed by atoms with E-state index < -0.39 is 37.1 Å². The smallest absolute Gasteiger partial charge is 0.392 e. The molecular weight excluding hydrogens is 332 g/mol. The first-order chi connectivity index (χ1) is 11.5. The Labute approximate surface area is 146 Å². The number of rotatable bonds is 9. The number of ether oxygens (including phenoxy) is 3. The Kier molecular flexibility index (Phi) is 8.80. The van der Waals surface area contributed by atoms with E-state index in [2.05, 4.69) is 13.2 Å². The molecule has 0 unspecified atom stereocenters. The SMILES string of the molecule is C=C(C)C(=O)OC(CC)(OC(=O)C(=C)C)OC(=O)C(C)=C(CO)CO. The highest BCUT2D eigenvalue weighted by Crippen LogP contribution is 2.25. The van der Waals surface area contributed by atoms with Crippen LogP contribution < -0.4 is 0 Å².